The number of benzene rings is 2. The van der Waals surface area contributed by atoms with Crippen LogP contribution in [0.4, 0.5) is 0 Å². The third kappa shape index (κ3) is 3.96. The Morgan fingerprint density at radius 2 is 1.69 bits per heavy atom. The van der Waals surface area contributed by atoms with Gasteiger partial charge in [-0.25, -0.2) is 8.42 Å². The Labute approximate surface area is 155 Å². The van der Waals surface area contributed by atoms with Gasteiger partial charge in [-0.05, 0) is 26.0 Å². The molecule has 0 aromatic heterocycles. The van der Waals surface area contributed by atoms with Gasteiger partial charge in [-0.3, -0.25) is 0 Å². The molecule has 0 unspecified atom stereocenters. The van der Waals surface area contributed by atoms with Crippen molar-refractivity contribution in [2.75, 3.05) is 26.2 Å². The van der Waals surface area contributed by atoms with Gasteiger partial charge in [0.05, 0.1) is 36.6 Å². The SMILES string of the molecule is Cc1cc(C)cc(C[NH+]2CCN(S(=O)(=O)c3ccccc3C#N)CC2)c1. The molecule has 0 bridgehead atoms. The van der Waals surface area contributed by atoms with Crippen molar-refractivity contribution in [1.29, 1.82) is 5.26 Å². The van der Waals surface area contributed by atoms with E-state index < -0.39 is 10.0 Å². The van der Waals surface area contributed by atoms with Gasteiger partial charge in [0.1, 0.15) is 12.6 Å². The Kier molecular flexibility index (Phi) is 5.42. The van der Waals surface area contributed by atoms with E-state index in [0.717, 1.165) is 19.6 Å². The summed E-state index contributed by atoms with van der Waals surface area (Å²) in [5, 5.41) is 9.19. The van der Waals surface area contributed by atoms with Crippen LogP contribution in [0.5, 0.6) is 0 Å². The zero-order valence-corrected chi connectivity index (χ0v) is 16.0. The van der Waals surface area contributed by atoms with Crippen LogP contribution in [0.15, 0.2) is 47.4 Å². The van der Waals surface area contributed by atoms with E-state index in [0.29, 0.717) is 13.1 Å². The van der Waals surface area contributed by atoms with E-state index in [1.807, 2.05) is 6.07 Å². The Hall–Kier alpha value is -2.20. The third-order valence-corrected chi connectivity index (χ3v) is 6.75. The minimum atomic E-state index is -3.62. The molecule has 0 spiro atoms. The predicted molar refractivity (Wildman–Crippen MR) is 100 cm³/mol. The second-order valence-corrected chi connectivity index (χ2v) is 8.84. The molecule has 1 fully saturated rings. The highest BCUT2D eigenvalue weighted by molar-refractivity contribution is 7.89. The average Bonchev–Trinajstić information content (AvgIpc) is 2.61. The summed E-state index contributed by atoms with van der Waals surface area (Å²) in [6.45, 7) is 7.59. The lowest BCUT2D eigenvalue weighted by Crippen LogP contribution is -3.13. The maximum absolute atomic E-state index is 12.9. The maximum atomic E-state index is 12.9. The molecule has 26 heavy (non-hydrogen) atoms. The van der Waals surface area contributed by atoms with Crippen LogP contribution in [0, 0.1) is 25.2 Å². The third-order valence-electron chi connectivity index (χ3n) is 4.79. The number of nitrogens with zero attached hydrogens (tertiary/aromatic N) is 2. The fraction of sp³-hybridized carbons (Fsp3) is 0.350. The summed E-state index contributed by atoms with van der Waals surface area (Å²) < 4.78 is 27.3. The first-order chi connectivity index (χ1) is 12.4. The lowest BCUT2D eigenvalue weighted by molar-refractivity contribution is -0.917. The standard InChI is InChI=1S/C20H23N3O2S/c1-16-11-17(2)13-18(12-16)15-22-7-9-23(10-8-22)26(24,25)20-6-4-3-5-19(20)14-21/h3-6,11-13H,7-10,15H2,1-2H3/p+1. The summed E-state index contributed by atoms with van der Waals surface area (Å²) in [5.74, 6) is 0. The van der Waals surface area contributed by atoms with Crippen molar-refractivity contribution in [3.63, 3.8) is 0 Å². The van der Waals surface area contributed by atoms with E-state index >= 15 is 0 Å². The van der Waals surface area contributed by atoms with Gasteiger partial charge in [0.15, 0.2) is 0 Å². The molecule has 0 amide bonds. The number of sulfonamides is 1. The molecule has 0 aliphatic carbocycles. The van der Waals surface area contributed by atoms with Crippen molar-refractivity contribution in [2.24, 2.45) is 0 Å². The van der Waals surface area contributed by atoms with E-state index in [-0.39, 0.29) is 10.5 Å². The van der Waals surface area contributed by atoms with Crippen LogP contribution in [-0.2, 0) is 16.6 Å². The summed E-state index contributed by atoms with van der Waals surface area (Å²) in [5.41, 5.74) is 4.02. The zero-order valence-electron chi connectivity index (χ0n) is 15.2. The monoisotopic (exact) mass is 370 g/mol. The molecule has 0 saturated carbocycles. The number of piperazine rings is 1. The molecule has 5 nitrogen and oxygen atoms in total. The van der Waals surface area contributed by atoms with Crippen molar-refractivity contribution in [1.82, 2.24) is 4.31 Å². The molecule has 136 valence electrons. The van der Waals surface area contributed by atoms with E-state index in [1.165, 1.54) is 32.0 Å². The molecule has 3 rings (SSSR count). The topological polar surface area (TPSA) is 65.6 Å². The molecule has 0 atom stereocenters. The molecule has 1 heterocycles. The highest BCUT2D eigenvalue weighted by Crippen LogP contribution is 2.19. The summed E-state index contributed by atoms with van der Waals surface area (Å²) in [6, 6.07) is 15.0. The summed E-state index contributed by atoms with van der Waals surface area (Å²) in [6.07, 6.45) is 0. The van der Waals surface area contributed by atoms with Crippen molar-refractivity contribution in [2.45, 2.75) is 25.3 Å². The highest BCUT2D eigenvalue weighted by atomic mass is 32.2. The van der Waals surface area contributed by atoms with E-state index in [2.05, 4.69) is 32.0 Å². The van der Waals surface area contributed by atoms with Gasteiger partial charge in [-0.1, -0.05) is 41.5 Å². The molecule has 2 aromatic carbocycles. The quantitative estimate of drug-likeness (QED) is 0.881. The van der Waals surface area contributed by atoms with Crippen LogP contribution >= 0.6 is 0 Å². The first-order valence-electron chi connectivity index (χ1n) is 8.80. The van der Waals surface area contributed by atoms with E-state index in [9.17, 15) is 13.7 Å². The second kappa shape index (κ2) is 7.58. The molecular weight excluding hydrogens is 346 g/mol. The Morgan fingerprint density at radius 3 is 2.31 bits per heavy atom. The number of nitrogens with one attached hydrogen (secondary N) is 1. The lowest BCUT2D eigenvalue weighted by Gasteiger charge is -2.31. The van der Waals surface area contributed by atoms with Gasteiger partial charge in [0.2, 0.25) is 10.0 Å². The Bertz CT molecular complexity index is 920. The summed E-state index contributed by atoms with van der Waals surface area (Å²) in [4.78, 5) is 1.50. The number of aryl methyl sites for hydroxylation is 2. The molecule has 1 aliphatic rings. The van der Waals surface area contributed by atoms with Gasteiger partial charge in [-0.15, -0.1) is 0 Å². The first kappa shape index (κ1) is 18.6. The number of quaternary nitrogens is 1. The normalized spacial score (nSPS) is 16.3. The van der Waals surface area contributed by atoms with Crippen LogP contribution in [0.25, 0.3) is 0 Å². The lowest BCUT2D eigenvalue weighted by atomic mass is 10.1. The van der Waals surface area contributed by atoms with Crippen LogP contribution in [0.1, 0.15) is 22.3 Å². The minimum absolute atomic E-state index is 0.111. The highest BCUT2D eigenvalue weighted by Gasteiger charge is 2.31. The molecular formula is C20H24N3O2S+. The molecule has 1 aliphatic heterocycles. The number of hydrogen-bond acceptors (Lipinski definition) is 3. The number of rotatable bonds is 4. The number of nitriles is 1. The van der Waals surface area contributed by atoms with Crippen LogP contribution in [0.2, 0.25) is 0 Å². The van der Waals surface area contributed by atoms with Gasteiger partial charge >= 0.3 is 0 Å². The Morgan fingerprint density at radius 1 is 1.08 bits per heavy atom. The molecule has 0 radical (unpaired) electrons. The zero-order chi connectivity index (χ0) is 18.7. The van der Waals surface area contributed by atoms with Gasteiger partial charge in [-0.2, -0.15) is 9.57 Å². The molecule has 2 aromatic rings. The fourth-order valence-electron chi connectivity index (χ4n) is 3.60. The summed E-state index contributed by atoms with van der Waals surface area (Å²) >= 11 is 0. The van der Waals surface area contributed by atoms with Crippen LogP contribution in [0.3, 0.4) is 0 Å². The van der Waals surface area contributed by atoms with Crippen molar-refractivity contribution in [3.05, 3.63) is 64.7 Å². The van der Waals surface area contributed by atoms with E-state index in [1.54, 1.807) is 18.2 Å². The smallest absolute Gasteiger partial charge is 0.244 e. The number of hydrogen-bond donors (Lipinski definition) is 1. The van der Waals surface area contributed by atoms with Crippen LogP contribution in [-0.4, -0.2) is 38.9 Å². The van der Waals surface area contributed by atoms with Crippen molar-refractivity contribution < 1.29 is 13.3 Å². The first-order valence-corrected chi connectivity index (χ1v) is 10.2. The van der Waals surface area contributed by atoms with Crippen molar-refractivity contribution >= 4 is 10.0 Å². The second-order valence-electron chi connectivity index (χ2n) is 6.93. The van der Waals surface area contributed by atoms with E-state index in [4.69, 9.17) is 0 Å². The van der Waals surface area contributed by atoms with Gasteiger partial charge in [0, 0.05) is 5.56 Å². The molecule has 1 saturated heterocycles. The maximum Gasteiger partial charge on any atom is 0.244 e. The largest absolute Gasteiger partial charge is 0.329 e. The molecule has 6 heteroatoms. The van der Waals surface area contributed by atoms with Gasteiger partial charge < -0.3 is 4.90 Å². The Balaban J connectivity index is 1.69. The van der Waals surface area contributed by atoms with Gasteiger partial charge in [0.25, 0.3) is 0 Å². The molecule has 1 N–H and O–H groups in total. The fourth-order valence-corrected chi connectivity index (χ4v) is 5.19. The van der Waals surface area contributed by atoms with Crippen LogP contribution < -0.4 is 4.90 Å². The average molecular weight is 370 g/mol. The predicted octanol–water partition coefficient (Wildman–Crippen LogP) is 1.26. The minimum Gasteiger partial charge on any atom is -0.329 e. The van der Waals surface area contributed by atoms with Crippen molar-refractivity contribution in [3.8, 4) is 6.07 Å². The summed E-state index contributed by atoms with van der Waals surface area (Å²) in [7, 11) is -3.62.